The second kappa shape index (κ2) is 9.66. The fourth-order valence-corrected chi connectivity index (χ4v) is 4.55. The molecule has 0 radical (unpaired) electrons. The molecule has 1 aliphatic heterocycles. The lowest BCUT2D eigenvalue weighted by Crippen LogP contribution is -2.30. The predicted molar refractivity (Wildman–Crippen MR) is 136 cm³/mol. The molecule has 1 atom stereocenters. The fraction of sp³-hybridized carbons (Fsp3) is 0.241. The van der Waals surface area contributed by atoms with Crippen molar-refractivity contribution >= 4 is 23.1 Å². The molecular weight excluding hydrogens is 442 g/mol. The third-order valence-corrected chi connectivity index (χ3v) is 6.21. The van der Waals surface area contributed by atoms with E-state index < -0.39 is 17.7 Å². The molecule has 0 aliphatic carbocycles. The van der Waals surface area contributed by atoms with Crippen molar-refractivity contribution in [2.24, 2.45) is 0 Å². The summed E-state index contributed by atoms with van der Waals surface area (Å²) < 4.78 is 11.0. The van der Waals surface area contributed by atoms with Gasteiger partial charge in [0.05, 0.1) is 25.3 Å². The number of amides is 1. The molecule has 0 aromatic heterocycles. The van der Waals surface area contributed by atoms with E-state index in [1.165, 1.54) is 4.90 Å². The number of anilines is 1. The number of methoxy groups -OCH3 is 1. The summed E-state index contributed by atoms with van der Waals surface area (Å²) in [6, 6.07) is 17.3. The maximum absolute atomic E-state index is 13.4. The summed E-state index contributed by atoms with van der Waals surface area (Å²) in [6.07, 6.45) is 0. The van der Waals surface area contributed by atoms with Gasteiger partial charge in [-0.3, -0.25) is 14.5 Å². The zero-order valence-corrected chi connectivity index (χ0v) is 20.6. The summed E-state index contributed by atoms with van der Waals surface area (Å²) in [4.78, 5) is 28.3. The first kappa shape index (κ1) is 24.1. The summed E-state index contributed by atoms with van der Waals surface area (Å²) >= 11 is 0. The molecule has 180 valence electrons. The zero-order chi connectivity index (χ0) is 25.3. The normalized spacial score (nSPS) is 17.1. The molecule has 3 aromatic carbocycles. The highest BCUT2D eigenvalue weighted by atomic mass is 16.5. The van der Waals surface area contributed by atoms with E-state index in [1.54, 1.807) is 43.5 Å². The van der Waals surface area contributed by atoms with Crippen LogP contribution in [0.2, 0.25) is 0 Å². The number of aliphatic hydroxyl groups is 1. The molecule has 0 bridgehead atoms. The number of benzene rings is 3. The lowest BCUT2D eigenvalue weighted by atomic mass is 9.94. The summed E-state index contributed by atoms with van der Waals surface area (Å²) in [7, 11) is 1.56. The number of aryl methyl sites for hydroxylation is 3. The van der Waals surface area contributed by atoms with E-state index in [9.17, 15) is 14.7 Å². The van der Waals surface area contributed by atoms with Crippen molar-refractivity contribution in [3.8, 4) is 11.5 Å². The van der Waals surface area contributed by atoms with E-state index in [0.29, 0.717) is 34.9 Å². The molecule has 0 spiro atoms. The lowest BCUT2D eigenvalue weighted by molar-refractivity contribution is -0.132. The fourth-order valence-electron chi connectivity index (χ4n) is 4.55. The summed E-state index contributed by atoms with van der Waals surface area (Å²) in [5.41, 5.74) is 4.48. The van der Waals surface area contributed by atoms with Crippen LogP contribution in [0.1, 0.15) is 40.8 Å². The van der Waals surface area contributed by atoms with E-state index in [4.69, 9.17) is 9.47 Å². The van der Waals surface area contributed by atoms with Crippen molar-refractivity contribution in [3.05, 3.63) is 94.1 Å². The van der Waals surface area contributed by atoms with Crippen LogP contribution in [-0.2, 0) is 9.59 Å². The molecule has 3 aromatic rings. The Morgan fingerprint density at radius 3 is 2.40 bits per heavy atom. The third-order valence-electron chi connectivity index (χ3n) is 6.21. The molecule has 1 amide bonds. The number of hydrogen-bond donors (Lipinski definition) is 1. The predicted octanol–water partition coefficient (Wildman–Crippen LogP) is 5.65. The maximum atomic E-state index is 13.4. The Morgan fingerprint density at radius 1 is 0.971 bits per heavy atom. The Labute approximate surface area is 205 Å². The van der Waals surface area contributed by atoms with Crippen molar-refractivity contribution in [2.75, 3.05) is 18.6 Å². The van der Waals surface area contributed by atoms with Crippen molar-refractivity contribution in [1.82, 2.24) is 0 Å². The van der Waals surface area contributed by atoms with E-state index >= 15 is 0 Å². The minimum atomic E-state index is -0.821. The molecule has 0 saturated carbocycles. The molecule has 6 heteroatoms. The summed E-state index contributed by atoms with van der Waals surface area (Å²) in [5.74, 6) is -0.361. The van der Waals surface area contributed by atoms with Gasteiger partial charge in [-0.1, -0.05) is 29.8 Å². The Kier molecular flexibility index (Phi) is 6.65. The largest absolute Gasteiger partial charge is 0.507 e. The van der Waals surface area contributed by atoms with Crippen LogP contribution in [0.4, 0.5) is 5.69 Å². The van der Waals surface area contributed by atoms with Gasteiger partial charge >= 0.3 is 0 Å². The molecule has 1 saturated heterocycles. The monoisotopic (exact) mass is 471 g/mol. The van der Waals surface area contributed by atoms with Gasteiger partial charge in [0.15, 0.2) is 0 Å². The molecular formula is C29H29NO5. The van der Waals surface area contributed by atoms with Gasteiger partial charge in [0.1, 0.15) is 17.3 Å². The van der Waals surface area contributed by atoms with E-state index in [1.807, 2.05) is 52.0 Å². The lowest BCUT2D eigenvalue weighted by Gasteiger charge is -2.27. The topological polar surface area (TPSA) is 76.1 Å². The van der Waals surface area contributed by atoms with Crippen LogP contribution < -0.4 is 14.4 Å². The summed E-state index contributed by atoms with van der Waals surface area (Å²) in [6.45, 7) is 8.16. The minimum Gasteiger partial charge on any atom is -0.507 e. The van der Waals surface area contributed by atoms with E-state index in [0.717, 1.165) is 16.7 Å². The summed E-state index contributed by atoms with van der Waals surface area (Å²) in [5, 5.41) is 11.4. The first-order valence-electron chi connectivity index (χ1n) is 11.5. The third kappa shape index (κ3) is 4.39. The number of carbonyl (C=O) groups excluding carboxylic acids is 2. The van der Waals surface area contributed by atoms with Crippen molar-refractivity contribution in [1.29, 1.82) is 0 Å². The Hall–Kier alpha value is -4.06. The average molecular weight is 472 g/mol. The van der Waals surface area contributed by atoms with Crippen LogP contribution in [0, 0.1) is 20.8 Å². The number of Topliss-reactive ketones (excluding diaryl/α,β-unsaturated/α-hetero) is 1. The molecule has 1 aliphatic rings. The van der Waals surface area contributed by atoms with Crippen LogP contribution in [-0.4, -0.2) is 30.5 Å². The molecule has 1 fully saturated rings. The highest BCUT2D eigenvalue weighted by molar-refractivity contribution is 6.51. The van der Waals surface area contributed by atoms with Crippen molar-refractivity contribution < 1.29 is 24.2 Å². The molecule has 6 nitrogen and oxygen atoms in total. The molecule has 1 N–H and O–H groups in total. The quantitative estimate of drug-likeness (QED) is 0.286. The smallest absolute Gasteiger partial charge is 0.300 e. The molecule has 4 rings (SSSR count). The second-order valence-corrected chi connectivity index (χ2v) is 8.65. The van der Waals surface area contributed by atoms with Gasteiger partial charge in [0.2, 0.25) is 0 Å². The highest BCUT2D eigenvalue weighted by Crippen LogP contribution is 2.44. The number of nitrogens with zero attached hydrogens (tertiary/aromatic N) is 1. The maximum Gasteiger partial charge on any atom is 0.300 e. The van der Waals surface area contributed by atoms with Crippen LogP contribution in [0.3, 0.4) is 0 Å². The van der Waals surface area contributed by atoms with Crippen LogP contribution >= 0.6 is 0 Å². The minimum absolute atomic E-state index is 0.0341. The van der Waals surface area contributed by atoms with Crippen molar-refractivity contribution in [3.63, 3.8) is 0 Å². The number of ketones is 1. The van der Waals surface area contributed by atoms with E-state index in [2.05, 4.69) is 0 Å². The van der Waals surface area contributed by atoms with Crippen molar-refractivity contribution in [2.45, 2.75) is 33.7 Å². The van der Waals surface area contributed by atoms with Gasteiger partial charge in [-0.05, 0) is 80.8 Å². The van der Waals surface area contributed by atoms with Gasteiger partial charge < -0.3 is 14.6 Å². The van der Waals surface area contributed by atoms with E-state index in [-0.39, 0.29) is 11.3 Å². The first-order chi connectivity index (χ1) is 16.8. The van der Waals surface area contributed by atoms with Gasteiger partial charge in [0, 0.05) is 11.3 Å². The Bertz CT molecular complexity index is 1340. The average Bonchev–Trinajstić information content (AvgIpc) is 3.10. The SMILES string of the molecule is CCOc1ccc(/C(O)=C2\C(=O)C(=O)N(c3ccc(C)cc3C)C2c2cccc(OC)c2)cc1C. The standard InChI is InChI=1S/C29H29NO5/c1-6-35-24-13-11-21(15-19(24)4)27(31)25-26(20-8-7-9-22(16-20)34-5)30(29(33)28(25)32)23-12-10-17(2)14-18(23)3/h7-16,26,31H,6H2,1-5H3/b27-25+. The Balaban J connectivity index is 1.95. The molecule has 1 unspecified atom stereocenters. The van der Waals surface area contributed by atoms with Gasteiger partial charge in [-0.2, -0.15) is 0 Å². The number of rotatable bonds is 6. The molecule has 1 heterocycles. The number of hydrogen-bond acceptors (Lipinski definition) is 5. The Morgan fingerprint density at radius 2 is 1.74 bits per heavy atom. The zero-order valence-electron chi connectivity index (χ0n) is 20.6. The highest BCUT2D eigenvalue weighted by Gasteiger charge is 2.47. The molecule has 35 heavy (non-hydrogen) atoms. The van der Waals surface area contributed by atoms with Gasteiger partial charge in [0.25, 0.3) is 11.7 Å². The van der Waals surface area contributed by atoms with Gasteiger partial charge in [-0.15, -0.1) is 0 Å². The van der Waals surface area contributed by atoms with Gasteiger partial charge in [-0.25, -0.2) is 0 Å². The van der Waals surface area contributed by atoms with Crippen LogP contribution in [0.5, 0.6) is 11.5 Å². The first-order valence-corrected chi connectivity index (χ1v) is 11.5. The van der Waals surface area contributed by atoms with Crippen LogP contribution in [0.25, 0.3) is 5.76 Å². The van der Waals surface area contributed by atoms with Crippen LogP contribution in [0.15, 0.2) is 66.2 Å². The number of carbonyl (C=O) groups is 2. The second-order valence-electron chi connectivity index (χ2n) is 8.65. The number of ether oxygens (including phenoxy) is 2. The number of aliphatic hydroxyl groups excluding tert-OH is 1.